The summed E-state index contributed by atoms with van der Waals surface area (Å²) >= 11 is 0. The van der Waals surface area contributed by atoms with Crippen LogP contribution in [-0.4, -0.2) is 37.6 Å². The van der Waals surface area contributed by atoms with Gasteiger partial charge in [-0.05, 0) is 25.0 Å². The van der Waals surface area contributed by atoms with Gasteiger partial charge in [0.2, 0.25) is 0 Å². The summed E-state index contributed by atoms with van der Waals surface area (Å²) in [5.41, 5.74) is 1.82. The molecule has 7 heteroatoms. The number of fused-ring (bicyclic) bond motifs is 1. The molecule has 24 heavy (non-hydrogen) atoms. The number of rotatable bonds is 4. The minimum absolute atomic E-state index is 0.144. The molecule has 3 heterocycles. The lowest BCUT2D eigenvalue weighted by molar-refractivity contribution is 0.103. The molecule has 3 rings (SSSR count). The van der Waals surface area contributed by atoms with Crippen molar-refractivity contribution in [1.82, 2.24) is 19.9 Å². The highest BCUT2D eigenvalue weighted by Gasteiger charge is 2.36. The molecule has 128 valence electrons. The minimum atomic E-state index is -0.899. The predicted octanol–water partition coefficient (Wildman–Crippen LogP) is 3.18. The van der Waals surface area contributed by atoms with E-state index in [2.05, 4.69) is 15.0 Å². The van der Waals surface area contributed by atoms with Crippen molar-refractivity contribution in [2.75, 3.05) is 6.54 Å². The molecule has 0 spiro atoms. The van der Waals surface area contributed by atoms with Crippen molar-refractivity contribution < 1.29 is 14.6 Å². The van der Waals surface area contributed by atoms with Crippen LogP contribution in [0.4, 0.5) is 4.79 Å². The van der Waals surface area contributed by atoms with Gasteiger partial charge in [-0.3, -0.25) is 9.88 Å². The summed E-state index contributed by atoms with van der Waals surface area (Å²) in [7, 11) is 0. The Bertz CT molecular complexity index is 714. The van der Waals surface area contributed by atoms with Gasteiger partial charge in [-0.25, -0.2) is 9.78 Å². The van der Waals surface area contributed by atoms with E-state index in [1.54, 1.807) is 12.4 Å². The molecule has 0 radical (unpaired) electrons. The molecule has 0 aromatic carbocycles. The summed E-state index contributed by atoms with van der Waals surface area (Å²) in [5.74, 6) is 1.53. The van der Waals surface area contributed by atoms with Gasteiger partial charge in [0.15, 0.2) is 6.10 Å². The van der Waals surface area contributed by atoms with Crippen molar-refractivity contribution in [2.45, 2.75) is 39.3 Å². The second-order valence-corrected chi connectivity index (χ2v) is 6.35. The largest absolute Gasteiger partial charge is 0.481 e. The van der Waals surface area contributed by atoms with Crippen LogP contribution < -0.4 is 4.74 Å². The molecule has 2 atom stereocenters. The van der Waals surface area contributed by atoms with Crippen LogP contribution >= 0.6 is 0 Å². The van der Waals surface area contributed by atoms with Crippen LogP contribution in [0.2, 0.25) is 0 Å². The topological polar surface area (TPSA) is 91.3 Å². The van der Waals surface area contributed by atoms with Crippen molar-refractivity contribution in [1.29, 1.82) is 0 Å². The zero-order valence-electron chi connectivity index (χ0n) is 14.1. The maximum Gasteiger partial charge on any atom is 0.407 e. The smallest absolute Gasteiger partial charge is 0.407 e. The minimum Gasteiger partial charge on any atom is -0.481 e. The highest BCUT2D eigenvalue weighted by molar-refractivity contribution is 5.66. The van der Waals surface area contributed by atoms with Crippen LogP contribution in [0.15, 0.2) is 24.5 Å². The number of aromatic nitrogens is 3. The van der Waals surface area contributed by atoms with Gasteiger partial charge in [-0.1, -0.05) is 13.8 Å². The van der Waals surface area contributed by atoms with Crippen LogP contribution in [0, 0.1) is 5.92 Å². The SMILES string of the molecule is CC(Oc1cccnc1)c1nc2c([nH]1)CCN(C(=O)O)C2C(C)C. The summed E-state index contributed by atoms with van der Waals surface area (Å²) < 4.78 is 5.86. The number of ether oxygens (including phenoxy) is 1. The third-order valence-corrected chi connectivity index (χ3v) is 4.26. The maximum atomic E-state index is 11.5. The van der Waals surface area contributed by atoms with E-state index < -0.39 is 6.09 Å². The van der Waals surface area contributed by atoms with Gasteiger partial charge in [-0.2, -0.15) is 0 Å². The summed E-state index contributed by atoms with van der Waals surface area (Å²) in [6, 6.07) is 3.42. The third kappa shape index (κ3) is 3.06. The van der Waals surface area contributed by atoms with Crippen molar-refractivity contribution in [2.24, 2.45) is 5.92 Å². The van der Waals surface area contributed by atoms with Crippen LogP contribution in [0.5, 0.6) is 5.75 Å². The molecule has 7 nitrogen and oxygen atoms in total. The average molecular weight is 330 g/mol. The van der Waals surface area contributed by atoms with Crippen LogP contribution in [-0.2, 0) is 6.42 Å². The first-order valence-electron chi connectivity index (χ1n) is 8.12. The first-order chi connectivity index (χ1) is 11.5. The van der Waals surface area contributed by atoms with Crippen molar-refractivity contribution in [3.05, 3.63) is 41.7 Å². The molecule has 2 N–H and O–H groups in total. The van der Waals surface area contributed by atoms with E-state index in [0.717, 1.165) is 11.4 Å². The number of nitrogens with zero attached hydrogens (tertiary/aromatic N) is 3. The van der Waals surface area contributed by atoms with Crippen molar-refractivity contribution in [3.63, 3.8) is 0 Å². The second-order valence-electron chi connectivity index (χ2n) is 6.35. The molecule has 1 aliphatic heterocycles. The number of carbonyl (C=O) groups is 1. The van der Waals surface area contributed by atoms with E-state index in [4.69, 9.17) is 4.74 Å². The lowest BCUT2D eigenvalue weighted by Gasteiger charge is -2.35. The van der Waals surface area contributed by atoms with Gasteiger partial charge >= 0.3 is 6.09 Å². The van der Waals surface area contributed by atoms with Gasteiger partial charge in [0, 0.05) is 24.9 Å². The lowest BCUT2D eigenvalue weighted by Crippen LogP contribution is -2.41. The van der Waals surface area contributed by atoms with Crippen molar-refractivity contribution in [3.8, 4) is 5.75 Å². The standard InChI is InChI=1S/C17H22N4O3/c1-10(2)15-14-13(6-8-21(15)17(22)23)19-16(20-14)11(3)24-12-5-4-7-18-9-12/h4-5,7,9-11,15H,6,8H2,1-3H3,(H,19,20)(H,22,23). The number of H-pyrrole nitrogens is 1. The number of amides is 1. The molecule has 0 saturated carbocycles. The summed E-state index contributed by atoms with van der Waals surface area (Å²) in [5, 5.41) is 9.45. The highest BCUT2D eigenvalue weighted by Crippen LogP contribution is 2.35. The number of aromatic amines is 1. The molecule has 0 aliphatic carbocycles. The fourth-order valence-corrected chi connectivity index (χ4v) is 3.16. The van der Waals surface area contributed by atoms with E-state index in [1.807, 2.05) is 32.9 Å². The Balaban J connectivity index is 1.86. The number of nitrogens with one attached hydrogen (secondary N) is 1. The number of carboxylic acid groups (broad SMARTS) is 1. The number of imidazole rings is 1. The molecular formula is C17H22N4O3. The normalized spacial score (nSPS) is 18.3. The Kier molecular flexibility index (Phi) is 4.42. The molecule has 0 fully saturated rings. The van der Waals surface area contributed by atoms with E-state index in [9.17, 15) is 9.90 Å². The Morgan fingerprint density at radius 3 is 2.88 bits per heavy atom. The Morgan fingerprint density at radius 1 is 1.46 bits per heavy atom. The number of hydrogen-bond donors (Lipinski definition) is 2. The molecule has 0 saturated heterocycles. The Morgan fingerprint density at radius 2 is 2.25 bits per heavy atom. The predicted molar refractivity (Wildman–Crippen MR) is 87.9 cm³/mol. The van der Waals surface area contributed by atoms with Gasteiger partial charge < -0.3 is 14.8 Å². The van der Waals surface area contributed by atoms with E-state index in [-0.39, 0.29) is 18.1 Å². The van der Waals surface area contributed by atoms with E-state index in [0.29, 0.717) is 24.5 Å². The summed E-state index contributed by atoms with van der Waals surface area (Å²) in [6.45, 7) is 6.42. The average Bonchev–Trinajstić information content (AvgIpc) is 2.98. The van der Waals surface area contributed by atoms with Gasteiger partial charge in [0.05, 0.1) is 17.9 Å². The van der Waals surface area contributed by atoms with Crippen LogP contribution in [0.1, 0.15) is 50.1 Å². The Hall–Kier alpha value is -2.57. The molecule has 1 amide bonds. The zero-order chi connectivity index (χ0) is 17.3. The molecule has 0 bridgehead atoms. The summed E-state index contributed by atoms with van der Waals surface area (Å²) in [4.78, 5) is 25.0. The first kappa shape index (κ1) is 16.3. The molecule has 1 aliphatic rings. The Labute approximate surface area is 140 Å². The first-order valence-corrected chi connectivity index (χ1v) is 8.12. The lowest BCUT2D eigenvalue weighted by atomic mass is 9.94. The number of pyridine rings is 1. The summed E-state index contributed by atoms with van der Waals surface area (Å²) in [6.07, 6.45) is 2.81. The molecule has 2 aromatic heterocycles. The molecule has 2 aromatic rings. The second kappa shape index (κ2) is 6.51. The van der Waals surface area contributed by atoms with Gasteiger partial charge in [-0.15, -0.1) is 0 Å². The fourth-order valence-electron chi connectivity index (χ4n) is 3.16. The van der Waals surface area contributed by atoms with Crippen molar-refractivity contribution >= 4 is 6.09 Å². The van der Waals surface area contributed by atoms with E-state index in [1.165, 1.54) is 4.90 Å². The fraction of sp³-hybridized carbons (Fsp3) is 0.471. The molecular weight excluding hydrogens is 308 g/mol. The highest BCUT2D eigenvalue weighted by atomic mass is 16.5. The molecule has 2 unspecified atom stereocenters. The third-order valence-electron chi connectivity index (χ3n) is 4.26. The van der Waals surface area contributed by atoms with Gasteiger partial charge in [0.25, 0.3) is 0 Å². The maximum absolute atomic E-state index is 11.5. The van der Waals surface area contributed by atoms with Crippen LogP contribution in [0.25, 0.3) is 0 Å². The number of hydrogen-bond acceptors (Lipinski definition) is 4. The van der Waals surface area contributed by atoms with Gasteiger partial charge in [0.1, 0.15) is 11.6 Å². The quantitative estimate of drug-likeness (QED) is 0.898. The zero-order valence-corrected chi connectivity index (χ0v) is 14.1. The van der Waals surface area contributed by atoms with Crippen LogP contribution in [0.3, 0.4) is 0 Å². The monoisotopic (exact) mass is 330 g/mol. The van der Waals surface area contributed by atoms with E-state index >= 15 is 0 Å².